The fraction of sp³-hybridized carbons (Fsp3) is 0.316. The number of sulfone groups is 1. The molecule has 1 heterocycles. The smallest absolute Gasteiger partial charge is 0.254 e. The lowest BCUT2D eigenvalue weighted by Gasteiger charge is -2.28. The Labute approximate surface area is 158 Å². The quantitative estimate of drug-likeness (QED) is 0.782. The Morgan fingerprint density at radius 1 is 1.23 bits per heavy atom. The van der Waals surface area contributed by atoms with Gasteiger partial charge in [0.05, 0.1) is 18.6 Å². The maximum atomic E-state index is 13.1. The summed E-state index contributed by atoms with van der Waals surface area (Å²) in [5.74, 6) is 0.566. The first-order valence-corrected chi connectivity index (χ1v) is 10.5. The van der Waals surface area contributed by atoms with Gasteiger partial charge < -0.3 is 9.64 Å². The highest BCUT2D eigenvalue weighted by atomic mass is 35.5. The van der Waals surface area contributed by atoms with Gasteiger partial charge in [-0.2, -0.15) is 0 Å². The lowest BCUT2D eigenvalue weighted by atomic mass is 10.1. The second kappa shape index (κ2) is 7.68. The van der Waals surface area contributed by atoms with Gasteiger partial charge in [-0.05, 0) is 48.4 Å². The predicted octanol–water partition coefficient (Wildman–Crippen LogP) is 3.18. The molecule has 1 atom stereocenters. The number of nitrogens with zero attached hydrogens (tertiary/aromatic N) is 1. The van der Waals surface area contributed by atoms with E-state index in [1.807, 2.05) is 12.1 Å². The first kappa shape index (κ1) is 18.7. The number of carbonyl (C=O) groups is 1. The molecule has 5 nitrogen and oxygen atoms in total. The van der Waals surface area contributed by atoms with Crippen LogP contribution in [0.5, 0.6) is 5.75 Å². The molecule has 138 valence electrons. The van der Waals surface area contributed by atoms with Crippen LogP contribution in [0.4, 0.5) is 0 Å². The largest absolute Gasteiger partial charge is 0.497 e. The first-order valence-electron chi connectivity index (χ1n) is 8.28. The van der Waals surface area contributed by atoms with E-state index in [9.17, 15) is 13.2 Å². The normalized spacial score (nSPS) is 18.5. The predicted molar refractivity (Wildman–Crippen MR) is 101 cm³/mol. The zero-order valence-corrected chi connectivity index (χ0v) is 16.0. The third-order valence-electron chi connectivity index (χ3n) is 4.49. The Morgan fingerprint density at radius 2 is 1.96 bits per heavy atom. The third kappa shape index (κ3) is 4.37. The minimum atomic E-state index is -3.11. The Kier molecular flexibility index (Phi) is 5.53. The van der Waals surface area contributed by atoms with E-state index in [1.165, 1.54) is 0 Å². The van der Waals surface area contributed by atoms with Crippen molar-refractivity contribution < 1.29 is 17.9 Å². The molecule has 0 bridgehead atoms. The molecule has 3 rings (SSSR count). The van der Waals surface area contributed by atoms with Crippen molar-refractivity contribution in [2.45, 2.75) is 19.0 Å². The van der Waals surface area contributed by atoms with Crippen molar-refractivity contribution >= 4 is 27.3 Å². The molecule has 0 spiro atoms. The highest BCUT2D eigenvalue weighted by Crippen LogP contribution is 2.24. The van der Waals surface area contributed by atoms with Gasteiger partial charge in [0.1, 0.15) is 5.75 Å². The van der Waals surface area contributed by atoms with Gasteiger partial charge in [0.25, 0.3) is 5.91 Å². The number of hydrogen-bond acceptors (Lipinski definition) is 4. The number of amides is 1. The number of carbonyl (C=O) groups excluding carboxylic acids is 1. The van der Waals surface area contributed by atoms with Crippen molar-refractivity contribution in [3.05, 3.63) is 64.7 Å². The van der Waals surface area contributed by atoms with E-state index in [0.717, 1.165) is 5.56 Å². The Balaban J connectivity index is 1.89. The van der Waals surface area contributed by atoms with Crippen molar-refractivity contribution in [3.63, 3.8) is 0 Å². The molecule has 1 aliphatic rings. The minimum Gasteiger partial charge on any atom is -0.497 e. The maximum Gasteiger partial charge on any atom is 0.254 e. The molecule has 1 saturated heterocycles. The first-order chi connectivity index (χ1) is 12.4. The van der Waals surface area contributed by atoms with Crippen LogP contribution in [-0.2, 0) is 16.4 Å². The molecule has 2 aromatic carbocycles. The molecule has 0 saturated carbocycles. The van der Waals surface area contributed by atoms with Gasteiger partial charge in [-0.1, -0.05) is 23.7 Å². The molecular formula is C19H20ClNO4S. The van der Waals surface area contributed by atoms with Gasteiger partial charge in [-0.3, -0.25) is 4.79 Å². The molecule has 1 fully saturated rings. The lowest BCUT2D eigenvalue weighted by Crippen LogP contribution is -2.40. The summed E-state index contributed by atoms with van der Waals surface area (Å²) in [5.41, 5.74) is 1.36. The average Bonchev–Trinajstić information content (AvgIpc) is 2.99. The summed E-state index contributed by atoms with van der Waals surface area (Å²) < 4.78 is 29.0. The van der Waals surface area contributed by atoms with Crippen molar-refractivity contribution in [2.75, 3.05) is 18.6 Å². The molecule has 1 unspecified atom stereocenters. The molecule has 0 aliphatic carbocycles. The summed E-state index contributed by atoms with van der Waals surface area (Å²) in [6, 6.07) is 13.7. The molecule has 1 aliphatic heterocycles. The van der Waals surface area contributed by atoms with Crippen LogP contribution in [0.1, 0.15) is 22.3 Å². The van der Waals surface area contributed by atoms with Crippen LogP contribution in [0.3, 0.4) is 0 Å². The highest BCUT2D eigenvalue weighted by molar-refractivity contribution is 7.91. The molecule has 0 radical (unpaired) electrons. The lowest BCUT2D eigenvalue weighted by molar-refractivity contribution is 0.0681. The van der Waals surface area contributed by atoms with Crippen molar-refractivity contribution in [2.24, 2.45) is 0 Å². The SMILES string of the molecule is COc1ccc(C(=O)N(Cc2cccc(Cl)c2)C2CCS(=O)(=O)C2)cc1. The fourth-order valence-corrected chi connectivity index (χ4v) is 5.06. The number of hydrogen-bond donors (Lipinski definition) is 0. The van der Waals surface area contributed by atoms with Crippen LogP contribution in [0.25, 0.3) is 0 Å². The van der Waals surface area contributed by atoms with E-state index in [-0.39, 0.29) is 23.5 Å². The van der Waals surface area contributed by atoms with Crippen LogP contribution in [0.2, 0.25) is 5.02 Å². The van der Waals surface area contributed by atoms with Gasteiger partial charge in [-0.15, -0.1) is 0 Å². The topological polar surface area (TPSA) is 63.7 Å². The second-order valence-electron chi connectivity index (χ2n) is 6.35. The number of benzene rings is 2. The third-order valence-corrected chi connectivity index (χ3v) is 6.47. The molecular weight excluding hydrogens is 374 g/mol. The van der Waals surface area contributed by atoms with E-state index >= 15 is 0 Å². The number of halogens is 1. The average molecular weight is 394 g/mol. The van der Waals surface area contributed by atoms with E-state index in [2.05, 4.69) is 0 Å². The van der Waals surface area contributed by atoms with Gasteiger partial charge in [0, 0.05) is 23.2 Å². The van der Waals surface area contributed by atoms with Crippen molar-refractivity contribution in [1.82, 2.24) is 4.90 Å². The van der Waals surface area contributed by atoms with Crippen LogP contribution in [0.15, 0.2) is 48.5 Å². The maximum absolute atomic E-state index is 13.1. The minimum absolute atomic E-state index is 0.00450. The summed E-state index contributed by atoms with van der Waals surface area (Å²) in [7, 11) is -1.55. The zero-order chi connectivity index (χ0) is 18.7. The van der Waals surface area contributed by atoms with Gasteiger partial charge in [0.15, 0.2) is 9.84 Å². The number of methoxy groups -OCH3 is 1. The monoisotopic (exact) mass is 393 g/mol. The highest BCUT2D eigenvalue weighted by Gasteiger charge is 2.35. The fourth-order valence-electron chi connectivity index (χ4n) is 3.12. The second-order valence-corrected chi connectivity index (χ2v) is 9.01. The zero-order valence-electron chi connectivity index (χ0n) is 14.4. The number of ether oxygens (including phenoxy) is 1. The van der Waals surface area contributed by atoms with Crippen LogP contribution < -0.4 is 4.74 Å². The molecule has 26 heavy (non-hydrogen) atoms. The van der Waals surface area contributed by atoms with E-state index in [4.69, 9.17) is 16.3 Å². The standard InChI is InChI=1S/C19H20ClNO4S/c1-25-18-7-5-15(6-8-18)19(22)21(17-9-10-26(23,24)13-17)12-14-3-2-4-16(20)11-14/h2-8,11,17H,9-10,12-13H2,1H3. The van der Waals surface area contributed by atoms with E-state index in [1.54, 1.807) is 48.4 Å². The Hall–Kier alpha value is -2.05. The summed E-state index contributed by atoms with van der Waals surface area (Å²) in [4.78, 5) is 14.7. The van der Waals surface area contributed by atoms with Crippen LogP contribution in [-0.4, -0.2) is 43.9 Å². The van der Waals surface area contributed by atoms with E-state index in [0.29, 0.717) is 29.3 Å². The summed E-state index contributed by atoms with van der Waals surface area (Å²) in [6.45, 7) is 0.311. The van der Waals surface area contributed by atoms with Gasteiger partial charge in [-0.25, -0.2) is 8.42 Å². The summed E-state index contributed by atoms with van der Waals surface area (Å²) >= 11 is 6.05. The van der Waals surface area contributed by atoms with Gasteiger partial charge >= 0.3 is 0 Å². The molecule has 7 heteroatoms. The van der Waals surface area contributed by atoms with Crippen molar-refractivity contribution in [3.8, 4) is 5.75 Å². The van der Waals surface area contributed by atoms with Crippen molar-refractivity contribution in [1.29, 1.82) is 0 Å². The van der Waals surface area contributed by atoms with Crippen LogP contribution in [0, 0.1) is 0 Å². The molecule has 0 N–H and O–H groups in total. The molecule has 0 aromatic heterocycles. The Morgan fingerprint density at radius 3 is 2.54 bits per heavy atom. The van der Waals surface area contributed by atoms with Crippen LogP contribution >= 0.6 is 11.6 Å². The summed E-state index contributed by atoms with van der Waals surface area (Å²) in [6.07, 6.45) is 0.449. The Bertz CT molecular complexity index is 896. The summed E-state index contributed by atoms with van der Waals surface area (Å²) in [5, 5.41) is 0.582. The van der Waals surface area contributed by atoms with E-state index < -0.39 is 9.84 Å². The molecule has 1 amide bonds. The van der Waals surface area contributed by atoms with Gasteiger partial charge in [0.2, 0.25) is 0 Å². The number of rotatable bonds is 5. The molecule has 2 aromatic rings.